The van der Waals surface area contributed by atoms with Crippen LogP contribution >= 0.6 is 0 Å². The normalized spacial score (nSPS) is 11.5. The van der Waals surface area contributed by atoms with Crippen LogP contribution < -0.4 is 10.5 Å². The Labute approximate surface area is 97.3 Å². The average molecular weight is 249 g/mol. The van der Waals surface area contributed by atoms with Crippen LogP contribution in [0.4, 0.5) is 18.9 Å². The summed E-state index contributed by atoms with van der Waals surface area (Å²) in [6.07, 6.45) is -4.29. The van der Waals surface area contributed by atoms with Crippen molar-refractivity contribution in [1.29, 1.82) is 0 Å². The maximum absolute atomic E-state index is 11.7. The number of alkyl halides is 3. The van der Waals surface area contributed by atoms with Crippen molar-refractivity contribution in [2.75, 3.05) is 25.6 Å². The zero-order valence-corrected chi connectivity index (χ0v) is 9.38. The molecule has 0 spiro atoms. The molecule has 0 aliphatic heterocycles. The molecular weight excluding hydrogens is 235 g/mol. The van der Waals surface area contributed by atoms with Crippen LogP contribution in [0.5, 0.6) is 5.75 Å². The molecule has 0 radical (unpaired) electrons. The number of ether oxygens (including phenoxy) is 2. The summed E-state index contributed by atoms with van der Waals surface area (Å²) in [4.78, 5) is 0. The highest BCUT2D eigenvalue weighted by atomic mass is 19.4. The topological polar surface area (TPSA) is 44.5 Å². The molecule has 3 nitrogen and oxygen atoms in total. The minimum Gasteiger partial charge on any atom is -0.491 e. The first-order valence-electron chi connectivity index (χ1n) is 5.02. The summed E-state index contributed by atoms with van der Waals surface area (Å²) in [6, 6.07) is 5.06. The highest BCUT2D eigenvalue weighted by Crippen LogP contribution is 2.18. The van der Waals surface area contributed by atoms with E-state index < -0.39 is 12.8 Å². The van der Waals surface area contributed by atoms with Gasteiger partial charge in [0, 0.05) is 5.69 Å². The summed E-state index contributed by atoms with van der Waals surface area (Å²) in [6.45, 7) is 0.530. The van der Waals surface area contributed by atoms with E-state index in [2.05, 4.69) is 4.74 Å². The molecule has 0 bridgehead atoms. The number of aryl methyl sites for hydroxylation is 1. The van der Waals surface area contributed by atoms with Gasteiger partial charge >= 0.3 is 6.18 Å². The Kier molecular flexibility index (Phi) is 4.62. The lowest BCUT2D eigenvalue weighted by atomic mass is 10.2. The lowest BCUT2D eigenvalue weighted by Crippen LogP contribution is -2.19. The first-order valence-corrected chi connectivity index (χ1v) is 5.02. The molecular formula is C11H14F3NO2. The van der Waals surface area contributed by atoms with E-state index >= 15 is 0 Å². The Hall–Kier alpha value is -1.43. The molecule has 0 aliphatic rings. The number of benzene rings is 1. The van der Waals surface area contributed by atoms with Crippen LogP contribution in [-0.4, -0.2) is 26.0 Å². The summed E-state index contributed by atoms with van der Waals surface area (Å²) in [5, 5.41) is 0. The van der Waals surface area contributed by atoms with Gasteiger partial charge in [0.25, 0.3) is 0 Å². The van der Waals surface area contributed by atoms with Crippen molar-refractivity contribution in [1.82, 2.24) is 0 Å². The first kappa shape index (κ1) is 13.6. The fourth-order valence-corrected chi connectivity index (χ4v) is 1.14. The van der Waals surface area contributed by atoms with Gasteiger partial charge in [0.2, 0.25) is 0 Å². The van der Waals surface area contributed by atoms with Crippen LogP contribution in [0.15, 0.2) is 18.2 Å². The first-order chi connectivity index (χ1) is 7.88. The summed E-state index contributed by atoms with van der Waals surface area (Å²) in [7, 11) is 0. The molecule has 1 aromatic carbocycles. The van der Waals surface area contributed by atoms with Gasteiger partial charge in [0.15, 0.2) is 0 Å². The Bertz CT molecular complexity index is 366. The lowest BCUT2D eigenvalue weighted by Gasteiger charge is -2.10. The largest absolute Gasteiger partial charge is 0.491 e. The third kappa shape index (κ3) is 5.44. The van der Waals surface area contributed by atoms with Gasteiger partial charge in [-0.1, -0.05) is 0 Å². The van der Waals surface area contributed by atoms with Gasteiger partial charge in [-0.15, -0.1) is 0 Å². The van der Waals surface area contributed by atoms with Crippen molar-refractivity contribution in [2.45, 2.75) is 13.1 Å². The molecule has 1 rings (SSSR count). The second-order valence-corrected chi connectivity index (χ2v) is 3.53. The van der Waals surface area contributed by atoms with Crippen LogP contribution in [0.2, 0.25) is 0 Å². The molecule has 0 saturated carbocycles. The molecule has 0 saturated heterocycles. The van der Waals surface area contributed by atoms with Gasteiger partial charge in [-0.3, -0.25) is 0 Å². The molecule has 17 heavy (non-hydrogen) atoms. The maximum atomic E-state index is 11.7. The Morgan fingerprint density at radius 1 is 1.24 bits per heavy atom. The molecule has 96 valence electrons. The highest BCUT2D eigenvalue weighted by molar-refractivity contribution is 5.49. The zero-order valence-electron chi connectivity index (χ0n) is 9.38. The fourth-order valence-electron chi connectivity index (χ4n) is 1.14. The molecule has 0 unspecified atom stereocenters. The third-order valence-electron chi connectivity index (χ3n) is 2.00. The average Bonchev–Trinajstić information content (AvgIpc) is 2.21. The van der Waals surface area contributed by atoms with Crippen LogP contribution in [0.25, 0.3) is 0 Å². The van der Waals surface area contributed by atoms with Crippen molar-refractivity contribution in [3.05, 3.63) is 23.8 Å². The molecule has 0 amide bonds. The summed E-state index contributed by atoms with van der Waals surface area (Å²) in [5.41, 5.74) is 7.11. The molecule has 2 N–H and O–H groups in total. The van der Waals surface area contributed by atoms with E-state index in [1.54, 1.807) is 18.2 Å². The number of hydrogen-bond acceptors (Lipinski definition) is 3. The lowest BCUT2D eigenvalue weighted by molar-refractivity contribution is -0.175. The molecule has 0 aliphatic carbocycles. The fraction of sp³-hybridized carbons (Fsp3) is 0.455. The second-order valence-electron chi connectivity index (χ2n) is 3.53. The van der Waals surface area contributed by atoms with E-state index in [1.807, 2.05) is 6.92 Å². The molecule has 0 atom stereocenters. The molecule has 0 fully saturated rings. The zero-order chi connectivity index (χ0) is 12.9. The van der Waals surface area contributed by atoms with Gasteiger partial charge in [0.05, 0.1) is 6.61 Å². The molecule has 6 heteroatoms. The van der Waals surface area contributed by atoms with Crippen molar-refractivity contribution < 1.29 is 22.6 Å². The summed E-state index contributed by atoms with van der Waals surface area (Å²) in [5.74, 6) is 0.562. The number of nitrogen functional groups attached to an aromatic ring is 1. The second kappa shape index (κ2) is 5.77. The van der Waals surface area contributed by atoms with Gasteiger partial charge < -0.3 is 15.2 Å². The summed E-state index contributed by atoms with van der Waals surface area (Å²) < 4.78 is 44.8. The molecule has 0 aromatic heterocycles. The van der Waals surface area contributed by atoms with Crippen LogP contribution in [0.3, 0.4) is 0 Å². The smallest absolute Gasteiger partial charge is 0.411 e. The Balaban J connectivity index is 2.25. The van der Waals surface area contributed by atoms with Gasteiger partial charge in [0.1, 0.15) is 19.0 Å². The van der Waals surface area contributed by atoms with E-state index in [-0.39, 0.29) is 13.2 Å². The van der Waals surface area contributed by atoms with Gasteiger partial charge in [-0.25, -0.2) is 0 Å². The molecule has 0 heterocycles. The van der Waals surface area contributed by atoms with Crippen molar-refractivity contribution >= 4 is 5.69 Å². The minimum absolute atomic E-state index is 0.0689. The third-order valence-corrected chi connectivity index (χ3v) is 2.00. The van der Waals surface area contributed by atoms with E-state index in [0.29, 0.717) is 11.4 Å². The quantitative estimate of drug-likeness (QED) is 0.644. The van der Waals surface area contributed by atoms with Gasteiger partial charge in [-0.05, 0) is 30.7 Å². The number of nitrogens with two attached hydrogens (primary N) is 1. The standard InChI is InChI=1S/C11H14F3NO2/c1-8-6-9(2-3-10(8)15)17-5-4-16-7-11(12,13)14/h2-3,6H,4-5,7,15H2,1H3. The Morgan fingerprint density at radius 3 is 2.53 bits per heavy atom. The minimum atomic E-state index is -4.29. The van der Waals surface area contributed by atoms with Gasteiger partial charge in [-0.2, -0.15) is 13.2 Å². The van der Waals surface area contributed by atoms with Crippen LogP contribution in [0.1, 0.15) is 5.56 Å². The monoisotopic (exact) mass is 249 g/mol. The summed E-state index contributed by atoms with van der Waals surface area (Å²) >= 11 is 0. The molecule has 1 aromatic rings. The van der Waals surface area contributed by atoms with Crippen molar-refractivity contribution in [2.24, 2.45) is 0 Å². The maximum Gasteiger partial charge on any atom is 0.411 e. The number of rotatable bonds is 5. The van der Waals surface area contributed by atoms with E-state index in [1.165, 1.54) is 0 Å². The number of hydrogen-bond donors (Lipinski definition) is 1. The van der Waals surface area contributed by atoms with E-state index in [9.17, 15) is 13.2 Å². The van der Waals surface area contributed by atoms with E-state index in [4.69, 9.17) is 10.5 Å². The highest BCUT2D eigenvalue weighted by Gasteiger charge is 2.27. The number of anilines is 1. The van der Waals surface area contributed by atoms with Crippen LogP contribution in [0, 0.1) is 6.92 Å². The van der Waals surface area contributed by atoms with Crippen molar-refractivity contribution in [3.63, 3.8) is 0 Å². The van der Waals surface area contributed by atoms with Crippen molar-refractivity contribution in [3.8, 4) is 5.75 Å². The number of halogens is 3. The van der Waals surface area contributed by atoms with E-state index in [0.717, 1.165) is 5.56 Å². The Morgan fingerprint density at radius 2 is 1.94 bits per heavy atom. The SMILES string of the molecule is Cc1cc(OCCOCC(F)(F)F)ccc1N. The predicted octanol–water partition coefficient (Wildman–Crippen LogP) is 2.53. The van der Waals surface area contributed by atoms with Crippen LogP contribution in [-0.2, 0) is 4.74 Å². The predicted molar refractivity (Wildman–Crippen MR) is 58.0 cm³/mol.